The van der Waals surface area contributed by atoms with Crippen LogP contribution in [-0.2, 0) is 25.7 Å². The first-order chi connectivity index (χ1) is 19.4. The summed E-state index contributed by atoms with van der Waals surface area (Å²) in [4.78, 5) is 42.9. The largest absolute Gasteiger partial charge is 0.494 e. The van der Waals surface area contributed by atoms with Gasteiger partial charge >= 0.3 is 0 Å². The van der Waals surface area contributed by atoms with Crippen LogP contribution in [0.15, 0.2) is 54.6 Å². The standard InChI is InChI=1S/C30H36BrN3O6/c1-2-39-21-13-11-20(12-14-21)33-27(36)23-24-29(38)34(15-7-4-8-16-35)26(30(24)17-22(31)25(23)40-30)28(37)32-18-19-9-5-3-6-10-19/h3,5-6,9-14,22-26,35H,2,4,7-8,15-18H2,1H3,(H,32,37)(H,33,36)/t22?,23-,24-,25-,26?,30?/m0/s1. The molecule has 10 heteroatoms. The van der Waals surface area contributed by atoms with E-state index >= 15 is 0 Å². The van der Waals surface area contributed by atoms with Gasteiger partial charge in [-0.3, -0.25) is 14.4 Å². The van der Waals surface area contributed by atoms with E-state index in [4.69, 9.17) is 9.47 Å². The first kappa shape index (κ1) is 28.6. The van der Waals surface area contributed by atoms with Gasteiger partial charge in [0.15, 0.2) is 0 Å². The number of halogens is 1. The SMILES string of the molecule is CCOc1ccc(NC(=O)[C@H]2[C@H]3C(=O)N(CCCCCO)C(C(=O)NCc4ccccc4)C34CC(Br)[C@@H]2O4)cc1. The smallest absolute Gasteiger partial charge is 0.246 e. The second kappa shape index (κ2) is 12.3. The highest BCUT2D eigenvalue weighted by Crippen LogP contribution is 2.60. The molecular formula is C30H36BrN3O6. The Hall–Kier alpha value is -2.95. The van der Waals surface area contributed by atoms with Gasteiger partial charge in [-0.15, -0.1) is 0 Å². The first-order valence-electron chi connectivity index (χ1n) is 14.0. The molecule has 0 radical (unpaired) electrons. The van der Waals surface area contributed by atoms with Crippen LogP contribution in [0, 0.1) is 11.8 Å². The van der Waals surface area contributed by atoms with Crippen molar-refractivity contribution in [2.45, 2.75) is 61.7 Å². The van der Waals surface area contributed by atoms with Crippen molar-refractivity contribution in [3.05, 3.63) is 60.2 Å². The van der Waals surface area contributed by atoms with Crippen LogP contribution in [0.3, 0.4) is 0 Å². The number of ether oxygens (including phenoxy) is 2. The number of amides is 3. The van der Waals surface area contributed by atoms with Crippen molar-refractivity contribution in [1.29, 1.82) is 0 Å². The van der Waals surface area contributed by atoms with Crippen molar-refractivity contribution in [3.8, 4) is 5.75 Å². The number of aliphatic hydroxyl groups is 1. The molecule has 3 fully saturated rings. The zero-order valence-electron chi connectivity index (χ0n) is 22.6. The van der Waals surface area contributed by atoms with Gasteiger partial charge < -0.3 is 30.1 Å². The second-order valence-corrected chi connectivity index (χ2v) is 11.8. The Morgan fingerprint density at radius 2 is 1.85 bits per heavy atom. The molecule has 2 aromatic carbocycles. The fourth-order valence-electron chi connectivity index (χ4n) is 6.45. The molecule has 3 aliphatic rings. The molecule has 5 rings (SSSR count). The van der Waals surface area contributed by atoms with E-state index in [0.29, 0.717) is 50.4 Å². The average molecular weight is 615 g/mol. The zero-order valence-corrected chi connectivity index (χ0v) is 24.1. The highest BCUT2D eigenvalue weighted by atomic mass is 79.9. The molecule has 3 saturated heterocycles. The van der Waals surface area contributed by atoms with Crippen LogP contribution >= 0.6 is 15.9 Å². The second-order valence-electron chi connectivity index (χ2n) is 10.6. The van der Waals surface area contributed by atoms with E-state index in [1.54, 1.807) is 29.2 Å². The number of nitrogens with one attached hydrogen (secondary N) is 2. The molecule has 3 unspecified atom stereocenters. The molecule has 9 nitrogen and oxygen atoms in total. The highest BCUT2D eigenvalue weighted by molar-refractivity contribution is 9.09. The van der Waals surface area contributed by atoms with Crippen molar-refractivity contribution in [2.24, 2.45) is 11.8 Å². The number of carbonyl (C=O) groups excluding carboxylic acids is 3. The number of aliphatic hydroxyl groups excluding tert-OH is 1. The lowest BCUT2D eigenvalue weighted by atomic mass is 9.70. The maximum atomic E-state index is 14.0. The lowest BCUT2D eigenvalue weighted by Gasteiger charge is -2.34. The monoisotopic (exact) mass is 613 g/mol. The zero-order chi connectivity index (χ0) is 28.3. The van der Waals surface area contributed by atoms with Crippen LogP contribution in [-0.4, -0.2) is 70.1 Å². The molecule has 3 heterocycles. The summed E-state index contributed by atoms with van der Waals surface area (Å²) in [6.45, 7) is 3.20. The van der Waals surface area contributed by atoms with Gasteiger partial charge in [-0.2, -0.15) is 0 Å². The third kappa shape index (κ3) is 5.36. The number of unbranched alkanes of at least 4 members (excludes halogenated alkanes) is 2. The fourth-order valence-corrected chi connectivity index (χ4v) is 7.39. The van der Waals surface area contributed by atoms with Gasteiger partial charge in [0.2, 0.25) is 17.7 Å². The van der Waals surface area contributed by atoms with Crippen LogP contribution in [0.5, 0.6) is 5.75 Å². The van der Waals surface area contributed by atoms with Gasteiger partial charge in [-0.05, 0) is 62.4 Å². The van der Waals surface area contributed by atoms with Crippen LogP contribution < -0.4 is 15.4 Å². The molecule has 3 amide bonds. The first-order valence-corrected chi connectivity index (χ1v) is 14.9. The minimum absolute atomic E-state index is 0.0748. The minimum Gasteiger partial charge on any atom is -0.494 e. The number of rotatable bonds is 12. The van der Waals surface area contributed by atoms with Gasteiger partial charge in [0.05, 0.1) is 24.5 Å². The molecule has 3 aliphatic heterocycles. The summed E-state index contributed by atoms with van der Waals surface area (Å²) in [7, 11) is 0. The van der Waals surface area contributed by atoms with Crippen LogP contribution in [0.2, 0.25) is 0 Å². The summed E-state index contributed by atoms with van der Waals surface area (Å²) in [6.07, 6.45) is 1.91. The topological polar surface area (TPSA) is 117 Å². The molecule has 2 aromatic rings. The fraction of sp³-hybridized carbons (Fsp3) is 0.500. The summed E-state index contributed by atoms with van der Waals surface area (Å²) in [6, 6.07) is 15.8. The number of anilines is 1. The van der Waals surface area contributed by atoms with Gasteiger partial charge in [0.25, 0.3) is 0 Å². The number of fused-ring (bicyclic) bond motifs is 1. The highest BCUT2D eigenvalue weighted by Gasteiger charge is 2.76. The van der Waals surface area contributed by atoms with E-state index in [1.807, 2.05) is 37.3 Å². The Morgan fingerprint density at radius 3 is 2.55 bits per heavy atom. The number of hydrogen-bond donors (Lipinski definition) is 3. The molecule has 3 N–H and O–H groups in total. The number of benzene rings is 2. The quantitative estimate of drug-likeness (QED) is 0.250. The van der Waals surface area contributed by atoms with E-state index < -0.39 is 29.6 Å². The number of likely N-dealkylation sites (tertiary alicyclic amines) is 1. The van der Waals surface area contributed by atoms with Crippen LogP contribution in [0.25, 0.3) is 0 Å². The van der Waals surface area contributed by atoms with Gasteiger partial charge in [0.1, 0.15) is 17.4 Å². The Bertz CT molecular complexity index is 1210. The van der Waals surface area contributed by atoms with E-state index in [2.05, 4.69) is 26.6 Å². The Balaban J connectivity index is 1.39. The van der Waals surface area contributed by atoms with Crippen molar-refractivity contribution in [3.63, 3.8) is 0 Å². The third-order valence-corrected chi connectivity index (χ3v) is 8.98. The van der Waals surface area contributed by atoms with Crippen molar-refractivity contribution in [1.82, 2.24) is 10.2 Å². The Morgan fingerprint density at radius 1 is 1.10 bits per heavy atom. The number of hydrogen-bond acceptors (Lipinski definition) is 6. The van der Waals surface area contributed by atoms with Gasteiger partial charge in [0, 0.05) is 30.2 Å². The van der Waals surface area contributed by atoms with E-state index in [-0.39, 0.29) is 29.2 Å². The predicted molar refractivity (Wildman–Crippen MR) is 153 cm³/mol. The van der Waals surface area contributed by atoms with E-state index in [9.17, 15) is 19.5 Å². The normalized spacial score (nSPS) is 28.4. The maximum Gasteiger partial charge on any atom is 0.246 e. The van der Waals surface area contributed by atoms with Crippen LogP contribution in [0.4, 0.5) is 5.69 Å². The molecule has 0 aliphatic carbocycles. The summed E-state index contributed by atoms with van der Waals surface area (Å²) in [5.41, 5.74) is 0.445. The average Bonchev–Trinajstić information content (AvgIpc) is 3.55. The van der Waals surface area contributed by atoms with Gasteiger partial charge in [-0.25, -0.2) is 0 Å². The molecule has 2 bridgehead atoms. The summed E-state index contributed by atoms with van der Waals surface area (Å²) < 4.78 is 12.0. The Kier molecular flexibility index (Phi) is 8.77. The van der Waals surface area contributed by atoms with E-state index in [1.165, 1.54) is 0 Å². The third-order valence-electron chi connectivity index (χ3n) is 8.14. The van der Waals surface area contributed by atoms with Crippen LogP contribution in [0.1, 0.15) is 38.2 Å². The van der Waals surface area contributed by atoms with Gasteiger partial charge in [-0.1, -0.05) is 46.3 Å². The number of carbonyl (C=O) groups is 3. The molecular weight excluding hydrogens is 578 g/mol. The summed E-state index contributed by atoms with van der Waals surface area (Å²) in [5, 5.41) is 15.2. The molecule has 0 saturated carbocycles. The number of nitrogens with zero attached hydrogens (tertiary/aromatic N) is 1. The molecule has 6 atom stereocenters. The van der Waals surface area contributed by atoms with Crippen molar-refractivity contribution in [2.75, 3.05) is 25.1 Å². The summed E-state index contributed by atoms with van der Waals surface area (Å²) >= 11 is 3.70. The van der Waals surface area contributed by atoms with E-state index in [0.717, 1.165) is 12.0 Å². The molecule has 40 heavy (non-hydrogen) atoms. The molecule has 1 spiro atoms. The Labute approximate surface area is 242 Å². The lowest BCUT2D eigenvalue weighted by molar-refractivity contribution is -0.141. The maximum absolute atomic E-state index is 14.0. The molecule has 214 valence electrons. The minimum atomic E-state index is -1.10. The molecule has 0 aromatic heterocycles. The summed E-state index contributed by atoms with van der Waals surface area (Å²) in [5.74, 6) is -1.62. The number of alkyl halides is 1. The predicted octanol–water partition coefficient (Wildman–Crippen LogP) is 3.25. The van der Waals surface area contributed by atoms with Crippen molar-refractivity contribution >= 4 is 39.3 Å². The van der Waals surface area contributed by atoms with Crippen molar-refractivity contribution < 1.29 is 29.0 Å². The lowest BCUT2D eigenvalue weighted by Crippen LogP contribution is -2.55.